The van der Waals surface area contributed by atoms with Crippen molar-refractivity contribution in [1.82, 2.24) is 5.32 Å². The van der Waals surface area contributed by atoms with Gasteiger partial charge >= 0.3 is 0 Å². The molecule has 3 N–H and O–H groups in total. The Hall–Kier alpha value is -2.13. The molecule has 19 heavy (non-hydrogen) atoms. The number of rotatable bonds is 5. The first-order chi connectivity index (χ1) is 9.18. The van der Waals surface area contributed by atoms with Crippen LogP contribution in [0.4, 0.5) is 0 Å². The average Bonchev–Trinajstić information content (AvgIpc) is 2.46. The Morgan fingerprint density at radius 2 is 1.42 bits per heavy atom. The van der Waals surface area contributed by atoms with Crippen LogP contribution in [0.15, 0.2) is 60.7 Å². The summed E-state index contributed by atoms with van der Waals surface area (Å²) in [4.78, 5) is 11.6. The van der Waals surface area contributed by atoms with Crippen molar-refractivity contribution in [1.29, 1.82) is 0 Å². The molecule has 2 atom stereocenters. The Labute approximate surface area is 113 Å². The molecule has 3 heteroatoms. The van der Waals surface area contributed by atoms with Gasteiger partial charge < -0.3 is 5.73 Å². The van der Waals surface area contributed by atoms with Crippen LogP contribution >= 0.6 is 0 Å². The van der Waals surface area contributed by atoms with Crippen LogP contribution in [0.25, 0.3) is 0 Å². The molecule has 0 bridgehead atoms. The minimum absolute atomic E-state index is 0.0545. The van der Waals surface area contributed by atoms with Crippen LogP contribution in [0.1, 0.15) is 30.1 Å². The van der Waals surface area contributed by atoms with E-state index in [0.29, 0.717) is 0 Å². The maximum absolute atomic E-state index is 11.6. The molecule has 2 aromatic carbocycles. The summed E-state index contributed by atoms with van der Waals surface area (Å²) in [6.45, 7) is 2.02. The Morgan fingerprint density at radius 3 is 1.89 bits per heavy atom. The number of nitrogens with two attached hydrogens (primary N) is 1. The van der Waals surface area contributed by atoms with Crippen molar-refractivity contribution in [3.05, 3.63) is 71.8 Å². The van der Waals surface area contributed by atoms with Gasteiger partial charge in [0.25, 0.3) is 0 Å². The maximum atomic E-state index is 11.6. The van der Waals surface area contributed by atoms with E-state index in [1.165, 1.54) is 0 Å². The Balaban J connectivity index is 2.16. The number of hydrogen-bond donors (Lipinski definition) is 2. The third-order valence-electron chi connectivity index (χ3n) is 3.13. The highest BCUT2D eigenvalue weighted by Crippen LogP contribution is 2.19. The van der Waals surface area contributed by atoms with Gasteiger partial charge in [-0.1, -0.05) is 60.7 Å². The normalized spacial score (nSPS) is 13.7. The molecular formula is C16H18N2O. The minimum Gasteiger partial charge on any atom is -0.368 e. The number of primary amides is 1. The second-order valence-corrected chi connectivity index (χ2v) is 4.55. The summed E-state index contributed by atoms with van der Waals surface area (Å²) in [7, 11) is 0. The average molecular weight is 254 g/mol. The highest BCUT2D eigenvalue weighted by molar-refractivity contribution is 5.81. The molecule has 1 amide bonds. The van der Waals surface area contributed by atoms with E-state index in [0.717, 1.165) is 11.1 Å². The number of nitrogens with one attached hydrogen (secondary N) is 1. The van der Waals surface area contributed by atoms with E-state index in [1.54, 1.807) is 0 Å². The van der Waals surface area contributed by atoms with Gasteiger partial charge in [-0.2, -0.15) is 0 Å². The SMILES string of the molecule is C[C@@H](N[C@@H](C(N)=O)c1ccccc1)c1ccccc1. The third kappa shape index (κ3) is 3.42. The molecule has 0 aliphatic heterocycles. The van der Waals surface area contributed by atoms with Gasteiger partial charge in [-0.05, 0) is 18.1 Å². The summed E-state index contributed by atoms with van der Waals surface area (Å²) in [6.07, 6.45) is 0. The fourth-order valence-corrected chi connectivity index (χ4v) is 2.08. The minimum atomic E-state index is -0.476. The van der Waals surface area contributed by atoms with Gasteiger partial charge in [0.2, 0.25) is 5.91 Å². The molecule has 0 radical (unpaired) electrons. The van der Waals surface area contributed by atoms with Gasteiger partial charge in [0.05, 0.1) is 0 Å². The molecular weight excluding hydrogens is 236 g/mol. The van der Waals surface area contributed by atoms with Crippen molar-refractivity contribution < 1.29 is 4.79 Å². The number of hydrogen-bond acceptors (Lipinski definition) is 2. The van der Waals surface area contributed by atoms with Crippen LogP contribution in [0, 0.1) is 0 Å². The Bertz CT molecular complexity index is 525. The highest BCUT2D eigenvalue weighted by atomic mass is 16.1. The van der Waals surface area contributed by atoms with Crippen molar-refractivity contribution in [3.8, 4) is 0 Å². The number of carbonyl (C=O) groups is 1. The zero-order valence-electron chi connectivity index (χ0n) is 10.9. The van der Waals surface area contributed by atoms with E-state index in [4.69, 9.17) is 5.73 Å². The second kappa shape index (κ2) is 6.16. The van der Waals surface area contributed by atoms with E-state index < -0.39 is 6.04 Å². The van der Waals surface area contributed by atoms with Crippen LogP contribution in [0.3, 0.4) is 0 Å². The fraction of sp³-hybridized carbons (Fsp3) is 0.188. The van der Waals surface area contributed by atoms with E-state index in [1.807, 2.05) is 67.6 Å². The molecule has 0 saturated carbocycles. The lowest BCUT2D eigenvalue weighted by molar-refractivity contribution is -0.120. The van der Waals surface area contributed by atoms with Gasteiger partial charge in [-0.15, -0.1) is 0 Å². The first kappa shape index (κ1) is 13.3. The lowest BCUT2D eigenvalue weighted by Gasteiger charge is -2.21. The Kier molecular flexibility index (Phi) is 4.31. The molecule has 2 aromatic rings. The molecule has 0 saturated heterocycles. The predicted molar refractivity (Wildman–Crippen MR) is 76.4 cm³/mol. The highest BCUT2D eigenvalue weighted by Gasteiger charge is 2.19. The van der Waals surface area contributed by atoms with Crippen molar-refractivity contribution in [3.63, 3.8) is 0 Å². The summed E-state index contributed by atoms with van der Waals surface area (Å²) in [6, 6.07) is 19.1. The standard InChI is InChI=1S/C16H18N2O/c1-12(13-8-4-2-5-9-13)18-15(16(17)19)14-10-6-3-7-11-14/h2-12,15,18H,1H3,(H2,17,19)/t12-,15-/m1/s1. The van der Waals surface area contributed by atoms with Crippen molar-refractivity contribution in [2.75, 3.05) is 0 Å². The molecule has 3 nitrogen and oxygen atoms in total. The monoisotopic (exact) mass is 254 g/mol. The third-order valence-corrected chi connectivity index (χ3v) is 3.13. The molecule has 0 aromatic heterocycles. The topological polar surface area (TPSA) is 55.1 Å². The molecule has 0 spiro atoms. The lowest BCUT2D eigenvalue weighted by Crippen LogP contribution is -2.35. The maximum Gasteiger partial charge on any atom is 0.239 e. The molecule has 2 rings (SSSR count). The molecule has 0 aliphatic carbocycles. The number of carbonyl (C=O) groups excluding carboxylic acids is 1. The first-order valence-electron chi connectivity index (χ1n) is 6.33. The van der Waals surface area contributed by atoms with Gasteiger partial charge in [0, 0.05) is 6.04 Å². The van der Waals surface area contributed by atoms with Crippen LogP contribution < -0.4 is 11.1 Å². The summed E-state index contributed by atoms with van der Waals surface area (Å²) < 4.78 is 0. The van der Waals surface area contributed by atoms with E-state index in [2.05, 4.69) is 5.32 Å². The van der Waals surface area contributed by atoms with Crippen molar-refractivity contribution in [2.45, 2.75) is 19.0 Å². The molecule has 0 aliphatic rings. The number of benzene rings is 2. The lowest BCUT2D eigenvalue weighted by atomic mass is 10.0. The van der Waals surface area contributed by atoms with Gasteiger partial charge in [0.15, 0.2) is 0 Å². The summed E-state index contributed by atoms with van der Waals surface area (Å²) in [5.74, 6) is -0.367. The van der Waals surface area contributed by atoms with E-state index in [-0.39, 0.29) is 11.9 Å². The Morgan fingerprint density at radius 1 is 0.947 bits per heavy atom. The first-order valence-corrected chi connectivity index (χ1v) is 6.33. The van der Waals surface area contributed by atoms with E-state index in [9.17, 15) is 4.79 Å². The largest absolute Gasteiger partial charge is 0.368 e. The van der Waals surface area contributed by atoms with Gasteiger partial charge in [-0.3, -0.25) is 10.1 Å². The quantitative estimate of drug-likeness (QED) is 0.861. The second-order valence-electron chi connectivity index (χ2n) is 4.55. The van der Waals surface area contributed by atoms with E-state index >= 15 is 0 Å². The van der Waals surface area contributed by atoms with Gasteiger partial charge in [-0.25, -0.2) is 0 Å². The summed E-state index contributed by atoms with van der Waals surface area (Å²) in [5, 5.41) is 3.27. The van der Waals surface area contributed by atoms with Gasteiger partial charge in [0.1, 0.15) is 6.04 Å². The van der Waals surface area contributed by atoms with Crippen molar-refractivity contribution in [2.24, 2.45) is 5.73 Å². The number of amides is 1. The predicted octanol–water partition coefficient (Wildman–Crippen LogP) is 2.56. The zero-order chi connectivity index (χ0) is 13.7. The molecule has 0 heterocycles. The summed E-state index contributed by atoms with van der Waals surface area (Å²) in [5.41, 5.74) is 7.51. The zero-order valence-corrected chi connectivity index (χ0v) is 10.9. The summed E-state index contributed by atoms with van der Waals surface area (Å²) >= 11 is 0. The fourth-order valence-electron chi connectivity index (χ4n) is 2.08. The van der Waals surface area contributed by atoms with Crippen LogP contribution in [-0.2, 0) is 4.79 Å². The van der Waals surface area contributed by atoms with Crippen LogP contribution in [0.2, 0.25) is 0 Å². The smallest absolute Gasteiger partial charge is 0.239 e. The van der Waals surface area contributed by atoms with Crippen LogP contribution in [-0.4, -0.2) is 5.91 Å². The molecule has 98 valence electrons. The van der Waals surface area contributed by atoms with Crippen LogP contribution in [0.5, 0.6) is 0 Å². The van der Waals surface area contributed by atoms with Crippen molar-refractivity contribution >= 4 is 5.91 Å². The molecule has 0 fully saturated rings. The molecule has 0 unspecified atom stereocenters.